The van der Waals surface area contributed by atoms with Gasteiger partial charge in [0.25, 0.3) is 0 Å². The summed E-state index contributed by atoms with van der Waals surface area (Å²) >= 11 is 0. The lowest BCUT2D eigenvalue weighted by atomic mass is 9.99. The van der Waals surface area contributed by atoms with Crippen LogP contribution in [0.25, 0.3) is 0 Å². The highest BCUT2D eigenvalue weighted by molar-refractivity contribution is 5.56. The molecule has 0 aromatic carbocycles. The SMILES string of the molecule is C[C@H]1O[C@@H](O[C@H]([C@H](O)[C@@H](O)C=O)[C@H](O)CO)[C@H](O)[C@@H](O)[C@H]1O. The maximum absolute atomic E-state index is 10.5. The molecule has 10 nitrogen and oxygen atoms in total. The third-order valence-electron chi connectivity index (χ3n) is 3.49. The number of hydrogen-bond donors (Lipinski definition) is 7. The van der Waals surface area contributed by atoms with Crippen LogP contribution in [0.3, 0.4) is 0 Å². The number of aliphatic hydroxyl groups is 7. The fourth-order valence-electron chi connectivity index (χ4n) is 2.06. The number of ether oxygens (including phenoxy) is 2. The summed E-state index contributed by atoms with van der Waals surface area (Å²) in [5.74, 6) is 0. The molecule has 0 spiro atoms. The van der Waals surface area contributed by atoms with E-state index >= 15 is 0 Å². The Kier molecular flexibility index (Phi) is 7.25. The van der Waals surface area contributed by atoms with Crippen molar-refractivity contribution in [3.8, 4) is 0 Å². The summed E-state index contributed by atoms with van der Waals surface area (Å²) in [5, 5.41) is 66.6. The average molecular weight is 326 g/mol. The second-order valence-electron chi connectivity index (χ2n) is 5.15. The average Bonchev–Trinajstić information content (AvgIpc) is 2.52. The monoisotopic (exact) mass is 326 g/mol. The van der Waals surface area contributed by atoms with E-state index in [1.54, 1.807) is 0 Å². The largest absolute Gasteiger partial charge is 0.394 e. The van der Waals surface area contributed by atoms with Crippen LogP contribution in [0.15, 0.2) is 0 Å². The molecule has 10 heteroatoms. The molecule has 22 heavy (non-hydrogen) atoms. The smallest absolute Gasteiger partial charge is 0.187 e. The number of rotatable bonds is 7. The molecule has 130 valence electrons. The number of aldehydes is 1. The summed E-state index contributed by atoms with van der Waals surface area (Å²) in [6.45, 7) is 0.529. The zero-order chi connectivity index (χ0) is 17.0. The van der Waals surface area contributed by atoms with Crippen LogP contribution in [0, 0.1) is 0 Å². The van der Waals surface area contributed by atoms with Crippen molar-refractivity contribution in [3.05, 3.63) is 0 Å². The highest BCUT2D eigenvalue weighted by atomic mass is 16.7. The van der Waals surface area contributed by atoms with Crippen molar-refractivity contribution < 1.29 is 50.0 Å². The van der Waals surface area contributed by atoms with Crippen LogP contribution in [0.1, 0.15) is 6.92 Å². The predicted octanol–water partition coefficient (Wildman–Crippen LogP) is -4.53. The van der Waals surface area contributed by atoms with Crippen molar-refractivity contribution in [2.45, 2.75) is 62.0 Å². The van der Waals surface area contributed by atoms with E-state index in [0.717, 1.165) is 0 Å². The van der Waals surface area contributed by atoms with Gasteiger partial charge in [0, 0.05) is 0 Å². The van der Waals surface area contributed by atoms with Crippen molar-refractivity contribution in [1.29, 1.82) is 0 Å². The van der Waals surface area contributed by atoms with Crippen molar-refractivity contribution in [1.82, 2.24) is 0 Å². The molecule has 1 aliphatic rings. The van der Waals surface area contributed by atoms with Crippen molar-refractivity contribution in [2.75, 3.05) is 6.61 Å². The van der Waals surface area contributed by atoms with Gasteiger partial charge >= 0.3 is 0 Å². The van der Waals surface area contributed by atoms with E-state index in [4.69, 9.17) is 14.6 Å². The Labute approximate surface area is 126 Å². The van der Waals surface area contributed by atoms with Crippen LogP contribution in [0.5, 0.6) is 0 Å². The van der Waals surface area contributed by atoms with Gasteiger partial charge < -0.3 is 50.0 Å². The summed E-state index contributed by atoms with van der Waals surface area (Å²) in [6.07, 6.45) is -14.4. The second-order valence-corrected chi connectivity index (χ2v) is 5.15. The molecule has 0 aliphatic carbocycles. The Morgan fingerprint density at radius 3 is 2.23 bits per heavy atom. The van der Waals surface area contributed by atoms with Gasteiger partial charge in [0.1, 0.15) is 42.7 Å². The van der Waals surface area contributed by atoms with Gasteiger partial charge in [-0.05, 0) is 6.92 Å². The lowest BCUT2D eigenvalue weighted by molar-refractivity contribution is -0.320. The van der Waals surface area contributed by atoms with E-state index in [1.165, 1.54) is 6.92 Å². The molecule has 1 heterocycles. The molecule has 0 radical (unpaired) electrons. The van der Waals surface area contributed by atoms with Gasteiger partial charge in [0.2, 0.25) is 0 Å². The molecule has 0 saturated carbocycles. The first kappa shape index (κ1) is 19.4. The maximum Gasteiger partial charge on any atom is 0.187 e. The third kappa shape index (κ3) is 4.19. The van der Waals surface area contributed by atoms with Crippen LogP contribution in [-0.2, 0) is 14.3 Å². The van der Waals surface area contributed by atoms with Gasteiger partial charge in [-0.25, -0.2) is 0 Å². The van der Waals surface area contributed by atoms with Gasteiger partial charge in [-0.3, -0.25) is 0 Å². The van der Waals surface area contributed by atoms with Gasteiger partial charge in [0.05, 0.1) is 12.7 Å². The lowest BCUT2D eigenvalue weighted by Crippen LogP contribution is -2.60. The van der Waals surface area contributed by atoms with Crippen LogP contribution in [0.2, 0.25) is 0 Å². The molecule has 7 N–H and O–H groups in total. The van der Waals surface area contributed by atoms with E-state index in [0.29, 0.717) is 0 Å². The van der Waals surface area contributed by atoms with Gasteiger partial charge in [0.15, 0.2) is 12.6 Å². The van der Waals surface area contributed by atoms with E-state index in [1.807, 2.05) is 0 Å². The summed E-state index contributed by atoms with van der Waals surface area (Å²) in [5.41, 5.74) is 0. The molecular weight excluding hydrogens is 304 g/mol. The minimum atomic E-state index is -1.91. The fraction of sp³-hybridized carbons (Fsp3) is 0.917. The number of aliphatic hydroxyl groups excluding tert-OH is 7. The summed E-state index contributed by atoms with van der Waals surface area (Å²) in [4.78, 5) is 10.5. The zero-order valence-electron chi connectivity index (χ0n) is 11.8. The first-order chi connectivity index (χ1) is 10.2. The molecule has 1 aliphatic heterocycles. The van der Waals surface area contributed by atoms with Crippen molar-refractivity contribution in [2.24, 2.45) is 0 Å². The lowest BCUT2D eigenvalue weighted by Gasteiger charge is -2.41. The molecule has 0 aromatic rings. The summed E-state index contributed by atoms with van der Waals surface area (Å²) < 4.78 is 10.2. The van der Waals surface area contributed by atoms with E-state index in [2.05, 4.69) is 0 Å². The van der Waals surface area contributed by atoms with Gasteiger partial charge in [-0.15, -0.1) is 0 Å². The minimum Gasteiger partial charge on any atom is -0.394 e. The van der Waals surface area contributed by atoms with Crippen LogP contribution < -0.4 is 0 Å². The third-order valence-corrected chi connectivity index (χ3v) is 3.49. The first-order valence-electron chi connectivity index (χ1n) is 6.70. The summed E-state index contributed by atoms with van der Waals surface area (Å²) in [6, 6.07) is 0. The fourth-order valence-corrected chi connectivity index (χ4v) is 2.06. The predicted molar refractivity (Wildman–Crippen MR) is 68.4 cm³/mol. The molecule has 1 fully saturated rings. The second kappa shape index (κ2) is 8.24. The van der Waals surface area contributed by atoms with Gasteiger partial charge in [-0.1, -0.05) is 0 Å². The highest BCUT2D eigenvalue weighted by Gasteiger charge is 2.45. The quantitative estimate of drug-likeness (QED) is 0.225. The molecule has 0 aromatic heterocycles. The standard InChI is InChI=1S/C12H22O10/c1-4-7(17)9(19)10(20)12(21-4)22-11(6(16)3-14)8(18)5(15)2-13/h2,4-12,14-20H,3H2,1H3/t4-,5+,6-,7+,8-,9+,10-,11+,12+/m1/s1. The highest BCUT2D eigenvalue weighted by Crippen LogP contribution is 2.24. The maximum atomic E-state index is 10.5. The van der Waals surface area contributed by atoms with Crippen molar-refractivity contribution in [3.63, 3.8) is 0 Å². The van der Waals surface area contributed by atoms with E-state index in [9.17, 15) is 35.4 Å². The number of carbonyl (C=O) groups excluding carboxylic acids is 1. The van der Waals surface area contributed by atoms with Crippen LogP contribution in [0.4, 0.5) is 0 Å². The molecule has 0 unspecified atom stereocenters. The molecule has 0 bridgehead atoms. The Morgan fingerprint density at radius 2 is 1.73 bits per heavy atom. The molecule has 1 saturated heterocycles. The Bertz CT molecular complexity index is 353. The Morgan fingerprint density at radius 1 is 1.14 bits per heavy atom. The van der Waals surface area contributed by atoms with E-state index in [-0.39, 0.29) is 6.29 Å². The first-order valence-corrected chi connectivity index (χ1v) is 6.70. The number of hydrogen-bond acceptors (Lipinski definition) is 10. The topological polar surface area (TPSA) is 177 Å². The van der Waals surface area contributed by atoms with Crippen LogP contribution >= 0.6 is 0 Å². The normalized spacial score (nSPS) is 38.1. The van der Waals surface area contributed by atoms with Crippen LogP contribution in [-0.4, -0.2) is 104 Å². The van der Waals surface area contributed by atoms with E-state index < -0.39 is 61.7 Å². The summed E-state index contributed by atoms with van der Waals surface area (Å²) in [7, 11) is 0. The Balaban J connectivity index is 2.87. The zero-order valence-corrected chi connectivity index (χ0v) is 11.8. The molecule has 9 atom stereocenters. The van der Waals surface area contributed by atoms with Gasteiger partial charge in [-0.2, -0.15) is 0 Å². The van der Waals surface area contributed by atoms with Crippen molar-refractivity contribution >= 4 is 6.29 Å². The number of carbonyl (C=O) groups is 1. The molecule has 0 amide bonds. The Hall–Kier alpha value is -0.690. The minimum absolute atomic E-state index is 0.00447. The molecule has 1 rings (SSSR count). The molecular formula is C12H22O10.